The van der Waals surface area contributed by atoms with Crippen molar-refractivity contribution in [1.82, 2.24) is 15.0 Å². The first-order chi connectivity index (χ1) is 14.1. The van der Waals surface area contributed by atoms with E-state index in [1.165, 1.54) is 11.3 Å². The first-order valence-electron chi connectivity index (χ1n) is 8.88. The maximum absolute atomic E-state index is 12.2. The van der Waals surface area contributed by atoms with Crippen molar-refractivity contribution < 1.29 is 14.3 Å². The first kappa shape index (κ1) is 18.8. The van der Waals surface area contributed by atoms with Crippen LogP contribution in [0.5, 0.6) is 17.4 Å². The van der Waals surface area contributed by atoms with Crippen LogP contribution in [0.25, 0.3) is 10.9 Å². The van der Waals surface area contributed by atoms with Crippen molar-refractivity contribution in [2.75, 3.05) is 12.4 Å². The van der Waals surface area contributed by atoms with Crippen LogP contribution in [0.1, 0.15) is 11.3 Å². The minimum absolute atomic E-state index is 0.104. The fraction of sp³-hybridized carbons (Fsp3) is 0.143. The summed E-state index contributed by atoms with van der Waals surface area (Å²) >= 11 is 1.41. The minimum Gasteiger partial charge on any atom is -0.481 e. The van der Waals surface area contributed by atoms with Gasteiger partial charge in [0.2, 0.25) is 11.8 Å². The summed E-state index contributed by atoms with van der Waals surface area (Å²) in [4.78, 5) is 24.9. The maximum atomic E-state index is 12.2. The van der Waals surface area contributed by atoms with Gasteiger partial charge in [0, 0.05) is 23.8 Å². The number of methoxy groups -OCH3 is 1. The van der Waals surface area contributed by atoms with E-state index in [2.05, 4.69) is 20.3 Å². The molecule has 3 heterocycles. The molecule has 1 amide bonds. The Morgan fingerprint density at radius 2 is 2.00 bits per heavy atom. The lowest BCUT2D eigenvalue weighted by Crippen LogP contribution is -2.14. The van der Waals surface area contributed by atoms with Crippen LogP contribution in [0.2, 0.25) is 0 Å². The van der Waals surface area contributed by atoms with E-state index in [-0.39, 0.29) is 12.3 Å². The zero-order valence-corrected chi connectivity index (χ0v) is 16.7. The number of benzene rings is 1. The van der Waals surface area contributed by atoms with E-state index < -0.39 is 0 Å². The zero-order chi connectivity index (χ0) is 20.2. The van der Waals surface area contributed by atoms with Gasteiger partial charge in [-0.3, -0.25) is 9.78 Å². The van der Waals surface area contributed by atoms with Crippen molar-refractivity contribution in [1.29, 1.82) is 0 Å². The quantitative estimate of drug-likeness (QED) is 0.511. The monoisotopic (exact) mass is 406 g/mol. The number of hydrogen-bond acceptors (Lipinski definition) is 7. The Kier molecular flexibility index (Phi) is 5.35. The molecule has 0 saturated heterocycles. The van der Waals surface area contributed by atoms with Crippen LogP contribution in [0.4, 0.5) is 5.13 Å². The van der Waals surface area contributed by atoms with Crippen molar-refractivity contribution in [2.45, 2.75) is 13.3 Å². The van der Waals surface area contributed by atoms with E-state index in [1.54, 1.807) is 31.6 Å². The molecule has 8 heteroatoms. The number of hydrogen-bond donors (Lipinski definition) is 1. The molecule has 29 heavy (non-hydrogen) atoms. The molecule has 4 rings (SSSR count). The summed E-state index contributed by atoms with van der Waals surface area (Å²) < 4.78 is 11.1. The lowest BCUT2D eigenvalue weighted by Gasteiger charge is -2.09. The van der Waals surface area contributed by atoms with Crippen LogP contribution >= 0.6 is 11.3 Å². The minimum atomic E-state index is -0.104. The predicted octanol–water partition coefficient (Wildman–Crippen LogP) is 4.38. The number of rotatable bonds is 6. The highest BCUT2D eigenvalue weighted by molar-refractivity contribution is 7.13. The molecule has 0 aliphatic rings. The lowest BCUT2D eigenvalue weighted by molar-refractivity contribution is -0.115. The average Bonchev–Trinajstić information content (AvgIpc) is 3.13. The summed E-state index contributed by atoms with van der Waals surface area (Å²) in [6, 6.07) is 10.9. The van der Waals surface area contributed by atoms with Crippen molar-refractivity contribution in [3.8, 4) is 17.4 Å². The van der Waals surface area contributed by atoms with E-state index >= 15 is 0 Å². The van der Waals surface area contributed by atoms with E-state index in [1.807, 2.05) is 36.6 Å². The SMILES string of the molecule is COc1cc2nccc(Oc3ccc(CC(=O)Nc4nc(C)cs4)cc3)c2cn1. The third-order valence-electron chi connectivity index (χ3n) is 4.15. The largest absolute Gasteiger partial charge is 0.481 e. The van der Waals surface area contributed by atoms with Gasteiger partial charge in [-0.1, -0.05) is 12.1 Å². The van der Waals surface area contributed by atoms with Crippen LogP contribution in [0, 0.1) is 6.92 Å². The van der Waals surface area contributed by atoms with Gasteiger partial charge in [-0.2, -0.15) is 0 Å². The number of thiazole rings is 1. The molecule has 0 spiro atoms. The molecule has 0 aliphatic carbocycles. The number of ether oxygens (including phenoxy) is 2. The number of amides is 1. The molecule has 3 aromatic heterocycles. The highest BCUT2D eigenvalue weighted by Crippen LogP contribution is 2.29. The van der Waals surface area contributed by atoms with Gasteiger partial charge in [0.15, 0.2) is 5.13 Å². The van der Waals surface area contributed by atoms with Crippen molar-refractivity contribution in [2.24, 2.45) is 0 Å². The summed E-state index contributed by atoms with van der Waals surface area (Å²) in [5.41, 5.74) is 2.51. The third-order valence-corrected chi connectivity index (χ3v) is 5.03. The number of carbonyl (C=O) groups is 1. The van der Waals surface area contributed by atoms with Gasteiger partial charge >= 0.3 is 0 Å². The molecule has 0 bridgehead atoms. The van der Waals surface area contributed by atoms with Crippen LogP contribution in [0.15, 0.2) is 54.2 Å². The van der Waals surface area contributed by atoms with Crippen LogP contribution < -0.4 is 14.8 Å². The first-order valence-corrected chi connectivity index (χ1v) is 9.76. The van der Waals surface area contributed by atoms with Gasteiger partial charge in [0.1, 0.15) is 11.5 Å². The summed E-state index contributed by atoms with van der Waals surface area (Å²) in [6.45, 7) is 1.89. The topological polar surface area (TPSA) is 86.2 Å². The molecule has 0 saturated carbocycles. The van der Waals surface area contributed by atoms with Gasteiger partial charge < -0.3 is 14.8 Å². The molecular formula is C21H18N4O3S. The van der Waals surface area contributed by atoms with E-state index in [0.717, 1.165) is 22.2 Å². The molecule has 146 valence electrons. The number of carbonyl (C=O) groups excluding carboxylic acids is 1. The Morgan fingerprint density at radius 3 is 2.72 bits per heavy atom. The second-order valence-electron chi connectivity index (χ2n) is 6.32. The Bertz CT molecular complexity index is 1160. The number of anilines is 1. The van der Waals surface area contributed by atoms with Gasteiger partial charge in [-0.15, -0.1) is 11.3 Å². The third kappa shape index (κ3) is 4.49. The lowest BCUT2D eigenvalue weighted by atomic mass is 10.1. The number of aromatic nitrogens is 3. The van der Waals surface area contributed by atoms with Crippen molar-refractivity contribution >= 4 is 33.3 Å². The van der Waals surface area contributed by atoms with E-state index in [9.17, 15) is 4.79 Å². The Balaban J connectivity index is 1.44. The number of nitrogens with zero attached hydrogens (tertiary/aromatic N) is 3. The number of nitrogens with one attached hydrogen (secondary N) is 1. The standard InChI is InChI=1S/C21H18N4O3S/c1-13-12-29-21(24-13)25-19(26)9-14-3-5-15(6-4-14)28-18-7-8-22-17-10-20(27-2)23-11-16(17)18/h3-8,10-12H,9H2,1-2H3,(H,24,25,26). The number of fused-ring (bicyclic) bond motifs is 1. The average molecular weight is 406 g/mol. The zero-order valence-electron chi connectivity index (χ0n) is 15.9. The van der Waals surface area contributed by atoms with E-state index in [4.69, 9.17) is 9.47 Å². The second kappa shape index (κ2) is 8.24. The predicted molar refractivity (Wildman–Crippen MR) is 112 cm³/mol. The molecule has 0 aliphatic heterocycles. The van der Waals surface area contributed by atoms with Crippen LogP contribution in [-0.4, -0.2) is 28.0 Å². The molecule has 0 radical (unpaired) electrons. The normalized spacial score (nSPS) is 10.7. The van der Waals surface area contributed by atoms with Crippen LogP contribution in [0.3, 0.4) is 0 Å². The molecule has 4 aromatic rings. The molecule has 0 fully saturated rings. The molecule has 1 aromatic carbocycles. The number of aryl methyl sites for hydroxylation is 1. The van der Waals surface area contributed by atoms with Gasteiger partial charge in [-0.25, -0.2) is 9.97 Å². The summed E-state index contributed by atoms with van der Waals surface area (Å²) in [5.74, 6) is 1.70. The molecule has 7 nitrogen and oxygen atoms in total. The Hall–Kier alpha value is -3.52. The van der Waals surface area contributed by atoms with E-state index in [0.29, 0.717) is 22.5 Å². The Morgan fingerprint density at radius 1 is 1.17 bits per heavy atom. The molecule has 0 unspecified atom stereocenters. The Labute approximate surface area is 171 Å². The highest BCUT2D eigenvalue weighted by Gasteiger charge is 2.09. The molecule has 1 N–H and O–H groups in total. The maximum Gasteiger partial charge on any atom is 0.230 e. The smallest absolute Gasteiger partial charge is 0.230 e. The fourth-order valence-corrected chi connectivity index (χ4v) is 3.47. The van der Waals surface area contributed by atoms with Crippen molar-refractivity contribution in [3.05, 3.63) is 65.4 Å². The summed E-state index contributed by atoms with van der Waals surface area (Å²) in [7, 11) is 1.56. The van der Waals surface area contributed by atoms with Crippen LogP contribution in [-0.2, 0) is 11.2 Å². The fourth-order valence-electron chi connectivity index (χ4n) is 2.76. The van der Waals surface area contributed by atoms with Gasteiger partial charge in [0.05, 0.1) is 30.1 Å². The van der Waals surface area contributed by atoms with Crippen molar-refractivity contribution in [3.63, 3.8) is 0 Å². The highest BCUT2D eigenvalue weighted by atomic mass is 32.1. The molecular weight excluding hydrogens is 388 g/mol. The summed E-state index contributed by atoms with van der Waals surface area (Å²) in [5, 5.41) is 6.11. The van der Waals surface area contributed by atoms with Gasteiger partial charge in [0.25, 0.3) is 0 Å². The number of pyridine rings is 2. The van der Waals surface area contributed by atoms with Gasteiger partial charge in [-0.05, 0) is 30.7 Å². The second-order valence-corrected chi connectivity index (χ2v) is 7.18. The summed E-state index contributed by atoms with van der Waals surface area (Å²) in [6.07, 6.45) is 3.62. The molecule has 0 atom stereocenters.